The molecule has 8 heteroatoms. The fraction of sp³-hybridized carbons (Fsp3) is 0.227. The zero-order valence-corrected chi connectivity index (χ0v) is 16.7. The minimum Gasteiger partial charge on any atom is -0.292 e. The first-order valence-electron chi connectivity index (χ1n) is 10.1. The highest BCUT2D eigenvalue weighted by atomic mass is 15.5. The third-order valence-corrected chi connectivity index (χ3v) is 5.27. The Labute approximate surface area is 173 Å². The lowest BCUT2D eigenvalue weighted by Crippen LogP contribution is -2.06. The highest BCUT2D eigenvalue weighted by Crippen LogP contribution is 2.29. The van der Waals surface area contributed by atoms with Crippen LogP contribution in [0.3, 0.4) is 0 Å². The molecule has 0 aliphatic carbocycles. The van der Waals surface area contributed by atoms with E-state index in [4.69, 9.17) is 5.10 Å². The van der Waals surface area contributed by atoms with Crippen molar-refractivity contribution in [1.29, 1.82) is 0 Å². The van der Waals surface area contributed by atoms with Gasteiger partial charge < -0.3 is 0 Å². The molecule has 0 saturated heterocycles. The number of aromatic nitrogens is 8. The largest absolute Gasteiger partial charge is 0.292 e. The van der Waals surface area contributed by atoms with Gasteiger partial charge in [-0.15, -0.1) is 5.10 Å². The van der Waals surface area contributed by atoms with Crippen molar-refractivity contribution in [2.45, 2.75) is 32.7 Å². The number of nitrogens with one attached hydrogen (secondary N) is 1. The van der Waals surface area contributed by atoms with Gasteiger partial charge in [-0.3, -0.25) is 4.57 Å². The van der Waals surface area contributed by atoms with Crippen LogP contribution in [0.15, 0.2) is 60.9 Å². The fourth-order valence-electron chi connectivity index (χ4n) is 3.72. The molecule has 0 fully saturated rings. The van der Waals surface area contributed by atoms with E-state index < -0.39 is 0 Å². The van der Waals surface area contributed by atoms with E-state index in [9.17, 15) is 0 Å². The number of hydrogen-bond donors (Lipinski definition) is 1. The maximum Gasteiger partial charge on any atom is 0.232 e. The number of tetrazole rings is 1. The predicted octanol–water partition coefficient (Wildman–Crippen LogP) is 3.77. The number of aromatic amines is 1. The molecular formula is C22H22N8. The van der Waals surface area contributed by atoms with Crippen LogP contribution in [0.25, 0.3) is 28.3 Å². The molecule has 0 atom stereocenters. The van der Waals surface area contributed by atoms with Crippen molar-refractivity contribution in [3.63, 3.8) is 0 Å². The zero-order chi connectivity index (χ0) is 20.3. The molecule has 0 radical (unpaired) electrons. The Morgan fingerprint density at radius 2 is 1.83 bits per heavy atom. The molecule has 30 heavy (non-hydrogen) atoms. The Bertz CT molecular complexity index is 1250. The first kappa shape index (κ1) is 18.2. The molecule has 0 spiro atoms. The van der Waals surface area contributed by atoms with Gasteiger partial charge in [0.05, 0.1) is 12.7 Å². The number of H-pyrrole nitrogens is 1. The van der Waals surface area contributed by atoms with Gasteiger partial charge >= 0.3 is 0 Å². The lowest BCUT2D eigenvalue weighted by Gasteiger charge is -2.10. The minimum atomic E-state index is 0.662. The van der Waals surface area contributed by atoms with Crippen LogP contribution < -0.4 is 0 Å². The number of unbranched alkanes of at least 4 members (excludes halogenated alkanes) is 1. The van der Waals surface area contributed by atoms with Crippen LogP contribution in [-0.4, -0.2) is 39.8 Å². The first-order valence-corrected chi connectivity index (χ1v) is 10.1. The van der Waals surface area contributed by atoms with Crippen LogP contribution in [-0.2, 0) is 13.0 Å². The summed E-state index contributed by atoms with van der Waals surface area (Å²) in [7, 11) is 0. The van der Waals surface area contributed by atoms with E-state index >= 15 is 0 Å². The quantitative estimate of drug-likeness (QED) is 0.451. The van der Waals surface area contributed by atoms with E-state index in [2.05, 4.69) is 67.4 Å². The molecule has 150 valence electrons. The summed E-state index contributed by atoms with van der Waals surface area (Å²) in [4.78, 5) is 4.49. The molecule has 3 aromatic heterocycles. The number of nitrogens with zero attached hydrogens (tertiary/aromatic N) is 7. The second-order valence-electron chi connectivity index (χ2n) is 7.27. The molecule has 2 aromatic carbocycles. The summed E-state index contributed by atoms with van der Waals surface area (Å²) >= 11 is 0. The highest BCUT2D eigenvalue weighted by Gasteiger charge is 2.13. The Morgan fingerprint density at radius 1 is 1.00 bits per heavy atom. The third-order valence-electron chi connectivity index (χ3n) is 5.27. The van der Waals surface area contributed by atoms with E-state index in [0.717, 1.165) is 54.1 Å². The molecular weight excluding hydrogens is 376 g/mol. The van der Waals surface area contributed by atoms with E-state index in [1.807, 2.05) is 28.9 Å². The van der Waals surface area contributed by atoms with Crippen molar-refractivity contribution < 1.29 is 0 Å². The van der Waals surface area contributed by atoms with E-state index in [1.54, 1.807) is 6.20 Å². The fourth-order valence-corrected chi connectivity index (χ4v) is 3.72. The van der Waals surface area contributed by atoms with Crippen LogP contribution in [0.1, 0.15) is 31.2 Å². The topological polar surface area (TPSA) is 89.6 Å². The molecule has 5 aromatic rings. The number of fused-ring (bicyclic) bond motifs is 1. The van der Waals surface area contributed by atoms with Gasteiger partial charge in [-0.05, 0) is 33.5 Å². The summed E-state index contributed by atoms with van der Waals surface area (Å²) in [5, 5.41) is 19.0. The molecule has 0 unspecified atom stereocenters. The van der Waals surface area contributed by atoms with Gasteiger partial charge in [0.25, 0.3) is 0 Å². The van der Waals surface area contributed by atoms with Crippen molar-refractivity contribution in [3.05, 3.63) is 72.3 Å². The first-order chi connectivity index (χ1) is 14.8. The van der Waals surface area contributed by atoms with Crippen LogP contribution in [0, 0.1) is 0 Å². The number of hydrogen-bond acceptors (Lipinski definition) is 5. The Hall–Kier alpha value is -3.81. The van der Waals surface area contributed by atoms with Crippen LogP contribution >= 0.6 is 0 Å². The summed E-state index contributed by atoms with van der Waals surface area (Å²) in [5.41, 5.74) is 4.39. The minimum absolute atomic E-state index is 0.662. The second-order valence-corrected chi connectivity index (χ2v) is 7.27. The molecule has 8 nitrogen and oxygen atoms in total. The number of rotatable bonds is 7. The summed E-state index contributed by atoms with van der Waals surface area (Å²) in [6.45, 7) is 2.94. The normalized spacial score (nSPS) is 11.4. The smallest absolute Gasteiger partial charge is 0.232 e. The van der Waals surface area contributed by atoms with Gasteiger partial charge in [0.15, 0.2) is 5.82 Å². The monoisotopic (exact) mass is 398 g/mol. The maximum absolute atomic E-state index is 4.71. The highest BCUT2D eigenvalue weighted by molar-refractivity contribution is 5.80. The Morgan fingerprint density at radius 3 is 2.60 bits per heavy atom. The Balaban J connectivity index is 1.45. The van der Waals surface area contributed by atoms with Gasteiger partial charge in [0.2, 0.25) is 5.78 Å². The predicted molar refractivity (Wildman–Crippen MR) is 114 cm³/mol. The Kier molecular flexibility index (Phi) is 4.80. The van der Waals surface area contributed by atoms with Gasteiger partial charge in [-0.2, -0.15) is 5.10 Å². The molecule has 0 amide bonds. The number of imidazole rings is 1. The standard InChI is InChI=1S/C22H22N8/c1-2-3-8-20-26-30-14-13-23-22(30)29(20)15-16-9-11-17(12-10-16)18-6-4-5-7-19(18)21-24-27-28-25-21/h4-7,9-14H,2-3,8,15H2,1H3,(H,24,25,27,28). The van der Waals surface area contributed by atoms with Crippen molar-refractivity contribution in [2.75, 3.05) is 0 Å². The van der Waals surface area contributed by atoms with Crippen molar-refractivity contribution >= 4 is 5.78 Å². The maximum atomic E-state index is 4.71. The van der Waals surface area contributed by atoms with Crippen LogP contribution in [0.4, 0.5) is 0 Å². The molecule has 3 heterocycles. The lowest BCUT2D eigenvalue weighted by molar-refractivity contribution is 0.682. The number of aryl methyl sites for hydroxylation is 1. The zero-order valence-electron chi connectivity index (χ0n) is 16.7. The van der Waals surface area contributed by atoms with E-state index in [1.165, 1.54) is 5.56 Å². The second kappa shape index (κ2) is 7.90. The third kappa shape index (κ3) is 3.36. The van der Waals surface area contributed by atoms with Gasteiger partial charge in [-0.25, -0.2) is 14.6 Å². The average molecular weight is 398 g/mol. The van der Waals surface area contributed by atoms with Gasteiger partial charge in [0, 0.05) is 18.2 Å². The summed E-state index contributed by atoms with van der Waals surface area (Å²) in [5.74, 6) is 2.62. The summed E-state index contributed by atoms with van der Waals surface area (Å²) < 4.78 is 4.07. The molecule has 0 aliphatic rings. The van der Waals surface area contributed by atoms with E-state index in [0.29, 0.717) is 5.82 Å². The molecule has 0 saturated carbocycles. The van der Waals surface area contributed by atoms with Gasteiger partial charge in [-0.1, -0.05) is 61.9 Å². The summed E-state index contributed by atoms with van der Waals surface area (Å²) in [6.07, 6.45) is 6.91. The average Bonchev–Trinajstić information content (AvgIpc) is 3.52. The van der Waals surface area contributed by atoms with Crippen molar-refractivity contribution in [3.8, 4) is 22.5 Å². The molecule has 0 bridgehead atoms. The molecule has 5 rings (SSSR count). The van der Waals surface area contributed by atoms with Gasteiger partial charge in [0.1, 0.15) is 5.82 Å². The number of benzene rings is 2. The van der Waals surface area contributed by atoms with Crippen LogP contribution in [0.2, 0.25) is 0 Å². The van der Waals surface area contributed by atoms with Crippen molar-refractivity contribution in [1.82, 2.24) is 39.8 Å². The molecule has 0 aliphatic heterocycles. The summed E-state index contributed by atoms with van der Waals surface area (Å²) in [6, 6.07) is 16.7. The lowest BCUT2D eigenvalue weighted by atomic mass is 9.98. The molecule has 1 N–H and O–H groups in total. The van der Waals surface area contributed by atoms with Crippen LogP contribution in [0.5, 0.6) is 0 Å². The van der Waals surface area contributed by atoms with Crippen molar-refractivity contribution in [2.24, 2.45) is 0 Å². The SMILES string of the molecule is CCCCc1nn2ccnc2n1Cc1ccc(-c2ccccc2-c2nnn[nH]2)cc1. The van der Waals surface area contributed by atoms with E-state index in [-0.39, 0.29) is 0 Å².